The Kier molecular flexibility index (Phi) is 2.24. The second-order valence-corrected chi connectivity index (χ2v) is 5.24. The topological polar surface area (TPSA) is 41.6 Å². The third-order valence-electron chi connectivity index (χ3n) is 3.66. The van der Waals surface area contributed by atoms with Gasteiger partial charge in [-0.2, -0.15) is 0 Å². The van der Waals surface area contributed by atoms with Crippen LogP contribution in [0.5, 0.6) is 0 Å². The number of aliphatic imine (C=N–C) groups is 1. The third kappa shape index (κ3) is 1.64. The van der Waals surface area contributed by atoms with Crippen LogP contribution in [-0.2, 0) is 0 Å². The van der Waals surface area contributed by atoms with E-state index in [1.165, 1.54) is 5.70 Å². The summed E-state index contributed by atoms with van der Waals surface area (Å²) in [5, 5.41) is 0. The van der Waals surface area contributed by atoms with E-state index in [4.69, 9.17) is 10.7 Å². The Bertz CT molecular complexity index is 472. The fourth-order valence-corrected chi connectivity index (χ4v) is 2.81. The summed E-state index contributed by atoms with van der Waals surface area (Å²) < 4.78 is 0.733. The summed E-state index contributed by atoms with van der Waals surface area (Å²) in [6.07, 6.45) is 9.69. The maximum atomic E-state index is 5.99. The lowest BCUT2D eigenvalue weighted by Gasteiger charge is -2.32. The molecule has 0 amide bonds. The number of allylic oxidation sites excluding steroid dienone is 3. The SMILES string of the molecule is CC1=C[N+]2(C)C=CC=C2C(N2CCC(N)C2)=N1. The standard InChI is InChI=1S/C13H19N4/c1-10-9-17(2)7-3-4-12(17)13(15-10)16-6-5-11(14)8-16/h3-4,7,9,11H,5-6,8,14H2,1-2H3/q+1. The molecule has 0 aromatic rings. The van der Waals surface area contributed by atoms with E-state index in [1.54, 1.807) is 0 Å². The smallest absolute Gasteiger partial charge is 0.192 e. The first-order valence-corrected chi connectivity index (χ1v) is 6.13. The van der Waals surface area contributed by atoms with Gasteiger partial charge < -0.3 is 10.6 Å². The van der Waals surface area contributed by atoms with E-state index < -0.39 is 0 Å². The molecule has 0 aliphatic carbocycles. The zero-order valence-corrected chi connectivity index (χ0v) is 10.4. The Labute approximate surface area is 102 Å². The fraction of sp³-hybridized carbons (Fsp3) is 0.462. The van der Waals surface area contributed by atoms with Gasteiger partial charge in [0.2, 0.25) is 0 Å². The summed E-state index contributed by atoms with van der Waals surface area (Å²) in [6.45, 7) is 4.00. The fourth-order valence-electron chi connectivity index (χ4n) is 2.81. The van der Waals surface area contributed by atoms with Crippen molar-refractivity contribution in [1.29, 1.82) is 0 Å². The van der Waals surface area contributed by atoms with Gasteiger partial charge in [-0.1, -0.05) is 0 Å². The molecule has 90 valence electrons. The van der Waals surface area contributed by atoms with E-state index in [0.29, 0.717) is 0 Å². The largest absolute Gasteiger partial charge is 0.350 e. The summed E-state index contributed by atoms with van der Waals surface area (Å²) in [6, 6.07) is 0.289. The number of amidine groups is 1. The Morgan fingerprint density at radius 3 is 3.06 bits per heavy atom. The van der Waals surface area contributed by atoms with Gasteiger partial charge in [0, 0.05) is 25.2 Å². The van der Waals surface area contributed by atoms with Crippen LogP contribution in [0.15, 0.2) is 40.9 Å². The second kappa shape index (κ2) is 3.55. The van der Waals surface area contributed by atoms with Gasteiger partial charge in [0.25, 0.3) is 0 Å². The number of likely N-dealkylation sites (tertiary alicyclic amines) is 1. The molecule has 0 bridgehead atoms. The Morgan fingerprint density at radius 1 is 1.53 bits per heavy atom. The molecule has 3 aliphatic heterocycles. The van der Waals surface area contributed by atoms with Crippen LogP contribution in [0, 0.1) is 0 Å². The number of likely N-dealkylation sites (N-methyl/N-ethyl adjacent to an activating group) is 1. The van der Waals surface area contributed by atoms with Gasteiger partial charge >= 0.3 is 0 Å². The third-order valence-corrected chi connectivity index (χ3v) is 3.66. The van der Waals surface area contributed by atoms with E-state index in [1.807, 2.05) is 0 Å². The van der Waals surface area contributed by atoms with Gasteiger partial charge in [-0.3, -0.25) is 0 Å². The summed E-state index contributed by atoms with van der Waals surface area (Å²) in [5.74, 6) is 1.10. The van der Waals surface area contributed by atoms with E-state index in [9.17, 15) is 0 Å². The number of quaternary nitrogens is 1. The minimum atomic E-state index is 0.289. The van der Waals surface area contributed by atoms with Gasteiger partial charge in [-0.05, 0) is 19.4 Å². The molecule has 3 rings (SSSR count). The highest BCUT2D eigenvalue weighted by molar-refractivity contribution is 5.98. The molecule has 0 radical (unpaired) electrons. The van der Waals surface area contributed by atoms with Crippen molar-refractivity contribution in [3.05, 3.63) is 35.9 Å². The van der Waals surface area contributed by atoms with Crippen LogP contribution in [0.2, 0.25) is 0 Å². The van der Waals surface area contributed by atoms with Gasteiger partial charge in [0.05, 0.1) is 12.7 Å². The maximum Gasteiger partial charge on any atom is 0.192 e. The quantitative estimate of drug-likeness (QED) is 0.635. The number of rotatable bonds is 0. The van der Waals surface area contributed by atoms with Crippen molar-refractivity contribution in [1.82, 2.24) is 4.90 Å². The van der Waals surface area contributed by atoms with Crippen molar-refractivity contribution in [2.75, 3.05) is 20.1 Å². The van der Waals surface area contributed by atoms with E-state index in [0.717, 1.165) is 35.5 Å². The second-order valence-electron chi connectivity index (χ2n) is 5.24. The monoisotopic (exact) mass is 231 g/mol. The van der Waals surface area contributed by atoms with Crippen LogP contribution in [0.1, 0.15) is 13.3 Å². The van der Waals surface area contributed by atoms with E-state index in [2.05, 4.69) is 43.4 Å². The number of nitrogens with two attached hydrogens (primary N) is 1. The average Bonchev–Trinajstić information content (AvgIpc) is 2.82. The molecule has 4 heteroatoms. The maximum absolute atomic E-state index is 5.99. The Hall–Kier alpha value is -1.39. The minimum absolute atomic E-state index is 0.289. The van der Waals surface area contributed by atoms with Crippen LogP contribution in [0.4, 0.5) is 0 Å². The average molecular weight is 231 g/mol. The molecule has 4 nitrogen and oxygen atoms in total. The summed E-state index contributed by atoms with van der Waals surface area (Å²) in [5.41, 5.74) is 8.32. The highest BCUT2D eigenvalue weighted by Crippen LogP contribution is 2.31. The Balaban J connectivity index is 1.97. The number of fused-ring (bicyclic) bond motifs is 1. The van der Waals surface area contributed by atoms with Crippen LogP contribution < -0.4 is 5.73 Å². The summed E-state index contributed by atoms with van der Waals surface area (Å²) in [7, 11) is 2.18. The normalized spacial score (nSPS) is 35.6. The highest BCUT2D eigenvalue weighted by atomic mass is 15.4. The van der Waals surface area contributed by atoms with Crippen LogP contribution >= 0.6 is 0 Å². The molecular weight excluding hydrogens is 212 g/mol. The molecular formula is C13H19N4+. The first-order chi connectivity index (χ1) is 8.08. The van der Waals surface area contributed by atoms with E-state index in [-0.39, 0.29) is 6.04 Å². The molecule has 0 spiro atoms. The minimum Gasteiger partial charge on any atom is -0.350 e. The molecule has 1 fully saturated rings. The lowest BCUT2D eigenvalue weighted by molar-refractivity contribution is -0.757. The lowest BCUT2D eigenvalue weighted by atomic mass is 10.2. The van der Waals surface area contributed by atoms with Crippen molar-refractivity contribution >= 4 is 5.84 Å². The predicted octanol–water partition coefficient (Wildman–Crippen LogP) is 1.15. The molecule has 2 N–H and O–H groups in total. The van der Waals surface area contributed by atoms with Crippen LogP contribution in [0.3, 0.4) is 0 Å². The molecule has 1 saturated heterocycles. The van der Waals surface area contributed by atoms with Gasteiger partial charge in [-0.25, -0.2) is 9.48 Å². The first kappa shape index (κ1) is 10.7. The van der Waals surface area contributed by atoms with Crippen molar-refractivity contribution in [2.24, 2.45) is 10.7 Å². The Morgan fingerprint density at radius 2 is 2.35 bits per heavy atom. The lowest BCUT2D eigenvalue weighted by Crippen LogP contribution is -2.43. The molecule has 2 atom stereocenters. The number of hydrogen-bond donors (Lipinski definition) is 1. The van der Waals surface area contributed by atoms with Gasteiger partial charge in [0.1, 0.15) is 12.4 Å². The van der Waals surface area contributed by atoms with Crippen molar-refractivity contribution < 1.29 is 4.48 Å². The molecule has 2 unspecified atom stereocenters. The zero-order valence-electron chi connectivity index (χ0n) is 10.4. The molecule has 17 heavy (non-hydrogen) atoms. The number of nitrogens with zero attached hydrogens (tertiary/aromatic N) is 3. The molecule has 0 saturated carbocycles. The van der Waals surface area contributed by atoms with Crippen molar-refractivity contribution in [2.45, 2.75) is 19.4 Å². The summed E-state index contributed by atoms with van der Waals surface area (Å²) >= 11 is 0. The van der Waals surface area contributed by atoms with Crippen LogP contribution in [0.25, 0.3) is 0 Å². The first-order valence-electron chi connectivity index (χ1n) is 6.13. The molecule has 3 heterocycles. The van der Waals surface area contributed by atoms with Crippen molar-refractivity contribution in [3.63, 3.8) is 0 Å². The summed E-state index contributed by atoms with van der Waals surface area (Å²) in [4.78, 5) is 7.03. The van der Waals surface area contributed by atoms with E-state index >= 15 is 0 Å². The number of hydrogen-bond acceptors (Lipinski definition) is 3. The molecule has 0 aromatic carbocycles. The highest BCUT2D eigenvalue weighted by Gasteiger charge is 2.38. The zero-order chi connectivity index (χ0) is 12.0. The predicted molar refractivity (Wildman–Crippen MR) is 68.8 cm³/mol. The molecule has 3 aliphatic rings. The molecule has 0 aromatic heterocycles. The van der Waals surface area contributed by atoms with Crippen molar-refractivity contribution in [3.8, 4) is 0 Å². The van der Waals surface area contributed by atoms with Gasteiger partial charge in [0.15, 0.2) is 11.5 Å². The van der Waals surface area contributed by atoms with Gasteiger partial charge in [-0.15, -0.1) is 0 Å². The van der Waals surface area contributed by atoms with Crippen LogP contribution in [-0.4, -0.2) is 41.4 Å².